The summed E-state index contributed by atoms with van der Waals surface area (Å²) in [7, 11) is 1.85. The third kappa shape index (κ3) is 2.31. The molecule has 0 saturated heterocycles. The number of nitrogens with zero attached hydrogens (tertiary/aromatic N) is 3. The van der Waals surface area contributed by atoms with Gasteiger partial charge in [0.05, 0.1) is 11.7 Å². The van der Waals surface area contributed by atoms with Crippen LogP contribution >= 0.6 is 15.9 Å². The Morgan fingerprint density at radius 2 is 2.11 bits per heavy atom. The van der Waals surface area contributed by atoms with Gasteiger partial charge in [-0.3, -0.25) is 5.84 Å². The van der Waals surface area contributed by atoms with Crippen LogP contribution in [0.2, 0.25) is 0 Å². The van der Waals surface area contributed by atoms with Crippen molar-refractivity contribution in [3.05, 3.63) is 45.2 Å². The van der Waals surface area contributed by atoms with Gasteiger partial charge in [0.2, 0.25) is 0 Å². The molecule has 0 aliphatic heterocycles. The van der Waals surface area contributed by atoms with Crippen molar-refractivity contribution in [3.8, 4) is 0 Å². The number of benzene rings is 1. The second kappa shape index (κ2) is 5.17. The van der Waals surface area contributed by atoms with Gasteiger partial charge < -0.3 is 0 Å². The van der Waals surface area contributed by atoms with Crippen molar-refractivity contribution in [1.29, 1.82) is 0 Å². The first-order valence-electron chi connectivity index (χ1n) is 5.63. The first-order chi connectivity index (χ1) is 8.54. The number of aromatic nitrogens is 3. The lowest BCUT2D eigenvalue weighted by atomic mass is 9.97. The Bertz CT molecular complexity index is 544. The van der Waals surface area contributed by atoms with E-state index in [1.54, 1.807) is 4.68 Å². The topological polar surface area (TPSA) is 68.8 Å². The molecule has 0 saturated carbocycles. The van der Waals surface area contributed by atoms with Crippen LogP contribution in [0.15, 0.2) is 22.8 Å². The molecule has 0 aliphatic rings. The van der Waals surface area contributed by atoms with Gasteiger partial charge in [0.25, 0.3) is 0 Å². The second-order valence-corrected chi connectivity index (χ2v) is 5.10. The van der Waals surface area contributed by atoms with Crippen molar-refractivity contribution in [3.63, 3.8) is 0 Å². The van der Waals surface area contributed by atoms with Crippen LogP contribution in [0.1, 0.15) is 28.4 Å². The summed E-state index contributed by atoms with van der Waals surface area (Å²) >= 11 is 3.41. The molecule has 0 bridgehead atoms. The average Bonchev–Trinajstić information content (AvgIpc) is 2.66. The Balaban J connectivity index is 2.55. The van der Waals surface area contributed by atoms with E-state index in [0.717, 1.165) is 11.3 Å². The molecular weight excluding hydrogens is 294 g/mol. The Labute approximate surface area is 114 Å². The van der Waals surface area contributed by atoms with E-state index < -0.39 is 0 Å². The van der Waals surface area contributed by atoms with Crippen molar-refractivity contribution in [2.75, 3.05) is 0 Å². The molecule has 18 heavy (non-hydrogen) atoms. The minimum Gasteiger partial charge on any atom is -0.271 e. The van der Waals surface area contributed by atoms with E-state index in [-0.39, 0.29) is 6.04 Å². The monoisotopic (exact) mass is 309 g/mol. The van der Waals surface area contributed by atoms with E-state index in [9.17, 15) is 0 Å². The molecule has 1 unspecified atom stereocenters. The summed E-state index contributed by atoms with van der Waals surface area (Å²) in [5.41, 5.74) is 7.25. The molecule has 3 N–H and O–H groups in total. The fraction of sp³-hybridized carbons (Fsp3) is 0.333. The summed E-state index contributed by atoms with van der Waals surface area (Å²) in [5.74, 6) is 5.71. The van der Waals surface area contributed by atoms with E-state index in [2.05, 4.69) is 63.7 Å². The maximum atomic E-state index is 5.71. The molecule has 96 valence electrons. The minimum absolute atomic E-state index is 0.140. The van der Waals surface area contributed by atoms with Crippen molar-refractivity contribution in [2.24, 2.45) is 12.9 Å². The molecule has 0 aliphatic carbocycles. The second-order valence-electron chi connectivity index (χ2n) is 4.35. The molecule has 1 aromatic carbocycles. The van der Waals surface area contributed by atoms with Crippen LogP contribution in [-0.4, -0.2) is 15.0 Å². The Morgan fingerprint density at radius 1 is 1.39 bits per heavy atom. The quantitative estimate of drug-likeness (QED) is 0.669. The SMILES string of the molecule is Cc1ccc(C)c(C(NN)c2c(Br)nnn2C)c1. The molecular formula is C12H16BrN5. The van der Waals surface area contributed by atoms with Crippen LogP contribution in [0.5, 0.6) is 0 Å². The number of hydrogen-bond acceptors (Lipinski definition) is 4. The maximum Gasteiger partial charge on any atom is 0.153 e. The van der Waals surface area contributed by atoms with E-state index in [1.165, 1.54) is 11.1 Å². The van der Waals surface area contributed by atoms with Crippen molar-refractivity contribution < 1.29 is 0 Å². The molecule has 1 heterocycles. The zero-order valence-electron chi connectivity index (χ0n) is 10.6. The first kappa shape index (κ1) is 13.2. The molecule has 0 spiro atoms. The normalized spacial score (nSPS) is 12.7. The van der Waals surface area contributed by atoms with Crippen LogP contribution in [0.4, 0.5) is 0 Å². The van der Waals surface area contributed by atoms with Crippen LogP contribution in [0, 0.1) is 13.8 Å². The lowest BCUT2D eigenvalue weighted by Crippen LogP contribution is -2.31. The molecule has 5 nitrogen and oxygen atoms in total. The average molecular weight is 310 g/mol. The third-order valence-electron chi connectivity index (χ3n) is 3.01. The lowest BCUT2D eigenvalue weighted by molar-refractivity contribution is 0.567. The van der Waals surface area contributed by atoms with Crippen molar-refractivity contribution in [1.82, 2.24) is 20.4 Å². The van der Waals surface area contributed by atoms with Crippen LogP contribution in [0.25, 0.3) is 0 Å². The number of nitrogens with two attached hydrogens (primary N) is 1. The molecule has 2 aromatic rings. The summed E-state index contributed by atoms with van der Waals surface area (Å²) in [6, 6.07) is 6.16. The number of rotatable bonds is 3. The van der Waals surface area contributed by atoms with Gasteiger partial charge in [0, 0.05) is 7.05 Å². The Morgan fingerprint density at radius 3 is 2.67 bits per heavy atom. The standard InChI is InChI=1S/C12H16BrN5/c1-7-4-5-8(2)9(6-7)10(15-14)11-12(13)16-17-18(11)3/h4-6,10,15H,14H2,1-3H3. The Hall–Kier alpha value is -1.24. The number of hydrogen-bond donors (Lipinski definition) is 2. The number of nitrogens with one attached hydrogen (secondary N) is 1. The van der Waals surface area contributed by atoms with Gasteiger partial charge in [-0.25, -0.2) is 10.1 Å². The van der Waals surface area contributed by atoms with Gasteiger partial charge in [-0.1, -0.05) is 29.0 Å². The predicted molar refractivity (Wildman–Crippen MR) is 73.8 cm³/mol. The highest BCUT2D eigenvalue weighted by atomic mass is 79.9. The highest BCUT2D eigenvalue weighted by Gasteiger charge is 2.22. The number of hydrazine groups is 1. The largest absolute Gasteiger partial charge is 0.271 e. The Kier molecular flexibility index (Phi) is 3.79. The van der Waals surface area contributed by atoms with Crippen LogP contribution in [-0.2, 0) is 7.05 Å². The van der Waals surface area contributed by atoms with Crippen LogP contribution in [0.3, 0.4) is 0 Å². The molecule has 0 fully saturated rings. The molecule has 6 heteroatoms. The van der Waals surface area contributed by atoms with E-state index in [1.807, 2.05) is 7.05 Å². The first-order valence-corrected chi connectivity index (χ1v) is 6.42. The van der Waals surface area contributed by atoms with E-state index in [4.69, 9.17) is 5.84 Å². The fourth-order valence-electron chi connectivity index (χ4n) is 2.03. The van der Waals surface area contributed by atoms with Gasteiger partial charge in [-0.05, 0) is 40.9 Å². The molecule has 1 atom stereocenters. The molecule has 2 rings (SSSR count). The minimum atomic E-state index is -0.140. The third-order valence-corrected chi connectivity index (χ3v) is 3.58. The lowest BCUT2D eigenvalue weighted by Gasteiger charge is -2.19. The highest BCUT2D eigenvalue weighted by Crippen LogP contribution is 2.28. The summed E-state index contributed by atoms with van der Waals surface area (Å²) in [6.45, 7) is 4.13. The molecule has 0 amide bonds. The highest BCUT2D eigenvalue weighted by molar-refractivity contribution is 9.10. The summed E-state index contributed by atoms with van der Waals surface area (Å²) in [6.07, 6.45) is 0. The van der Waals surface area contributed by atoms with E-state index in [0.29, 0.717) is 4.60 Å². The predicted octanol–water partition coefficient (Wildman–Crippen LogP) is 1.75. The summed E-state index contributed by atoms with van der Waals surface area (Å²) < 4.78 is 2.42. The molecule has 0 radical (unpaired) electrons. The van der Waals surface area contributed by atoms with E-state index >= 15 is 0 Å². The number of aryl methyl sites for hydroxylation is 3. The summed E-state index contributed by atoms with van der Waals surface area (Å²) in [4.78, 5) is 0. The fourth-order valence-corrected chi connectivity index (χ4v) is 2.59. The van der Waals surface area contributed by atoms with Crippen LogP contribution < -0.4 is 11.3 Å². The maximum absolute atomic E-state index is 5.71. The summed E-state index contributed by atoms with van der Waals surface area (Å²) in [5, 5.41) is 7.98. The van der Waals surface area contributed by atoms with Gasteiger partial charge in [0.15, 0.2) is 4.60 Å². The smallest absolute Gasteiger partial charge is 0.153 e. The van der Waals surface area contributed by atoms with Gasteiger partial charge in [-0.15, -0.1) is 5.10 Å². The zero-order valence-corrected chi connectivity index (χ0v) is 12.2. The zero-order chi connectivity index (χ0) is 13.3. The van der Waals surface area contributed by atoms with Crippen molar-refractivity contribution in [2.45, 2.75) is 19.9 Å². The van der Waals surface area contributed by atoms with Gasteiger partial charge >= 0.3 is 0 Å². The number of halogens is 1. The van der Waals surface area contributed by atoms with Crippen molar-refractivity contribution >= 4 is 15.9 Å². The molecule has 1 aromatic heterocycles. The van der Waals surface area contributed by atoms with Gasteiger partial charge in [0.1, 0.15) is 0 Å². The van der Waals surface area contributed by atoms with Gasteiger partial charge in [-0.2, -0.15) is 0 Å².